The highest BCUT2D eigenvalue weighted by Crippen LogP contribution is 2.29. The Balaban J connectivity index is 1.85. The van der Waals surface area contributed by atoms with Crippen LogP contribution in [0.5, 0.6) is 5.75 Å². The molecule has 0 aliphatic heterocycles. The number of rotatable bonds is 4. The molecule has 0 spiro atoms. The van der Waals surface area contributed by atoms with Gasteiger partial charge in [0.25, 0.3) is 0 Å². The van der Waals surface area contributed by atoms with Gasteiger partial charge in [-0.15, -0.1) is 0 Å². The molecule has 2 aromatic rings. The molecule has 1 aliphatic carbocycles. The second-order valence-electron chi connectivity index (χ2n) is 4.16. The summed E-state index contributed by atoms with van der Waals surface area (Å²) in [5.41, 5.74) is 1.78. The van der Waals surface area contributed by atoms with Crippen LogP contribution in [0.4, 0.5) is 0 Å². The fraction of sp³-hybridized carbons (Fsp3) is 0.214. The zero-order valence-corrected chi connectivity index (χ0v) is 9.26. The molecule has 3 heteroatoms. The van der Waals surface area contributed by atoms with E-state index in [1.54, 1.807) is 6.07 Å². The van der Waals surface area contributed by atoms with Crippen molar-refractivity contribution in [3.63, 3.8) is 0 Å². The Morgan fingerprint density at radius 3 is 2.59 bits per heavy atom. The molecule has 1 aliphatic rings. The standard InChI is InChI=1S/C14H12O3/c15-9-14-13(7-8-16-14)10-1-3-11(4-2-10)17-12-5-6-12/h1-4,7-9,12H,5-6H2. The van der Waals surface area contributed by atoms with E-state index in [0.717, 1.165) is 36.0 Å². The number of ether oxygens (including phenoxy) is 1. The first-order valence-corrected chi connectivity index (χ1v) is 5.66. The van der Waals surface area contributed by atoms with E-state index >= 15 is 0 Å². The molecule has 3 nitrogen and oxygen atoms in total. The van der Waals surface area contributed by atoms with Crippen LogP contribution in [0.2, 0.25) is 0 Å². The van der Waals surface area contributed by atoms with Crippen molar-refractivity contribution in [3.8, 4) is 16.9 Å². The van der Waals surface area contributed by atoms with Gasteiger partial charge in [0.15, 0.2) is 12.0 Å². The van der Waals surface area contributed by atoms with Gasteiger partial charge in [-0.25, -0.2) is 0 Å². The minimum Gasteiger partial charge on any atom is -0.490 e. The molecule has 0 atom stereocenters. The van der Waals surface area contributed by atoms with Gasteiger partial charge in [-0.2, -0.15) is 0 Å². The number of furan rings is 1. The van der Waals surface area contributed by atoms with Crippen molar-refractivity contribution < 1.29 is 13.9 Å². The summed E-state index contributed by atoms with van der Waals surface area (Å²) in [6.45, 7) is 0. The summed E-state index contributed by atoms with van der Waals surface area (Å²) in [6, 6.07) is 9.52. The lowest BCUT2D eigenvalue weighted by Gasteiger charge is -2.05. The molecule has 86 valence electrons. The molecule has 1 aromatic heterocycles. The first-order chi connectivity index (χ1) is 8.36. The molecule has 0 saturated heterocycles. The van der Waals surface area contributed by atoms with E-state index in [0.29, 0.717) is 11.9 Å². The predicted molar refractivity (Wildman–Crippen MR) is 63.2 cm³/mol. The zero-order chi connectivity index (χ0) is 11.7. The molecule has 0 radical (unpaired) electrons. The summed E-state index contributed by atoms with van der Waals surface area (Å²) in [5.74, 6) is 1.24. The number of hydrogen-bond donors (Lipinski definition) is 0. The van der Waals surface area contributed by atoms with Crippen molar-refractivity contribution in [3.05, 3.63) is 42.4 Å². The number of carbonyl (C=O) groups excluding carboxylic acids is 1. The molecule has 1 aromatic carbocycles. The van der Waals surface area contributed by atoms with Crippen molar-refractivity contribution in [1.82, 2.24) is 0 Å². The van der Waals surface area contributed by atoms with Crippen LogP contribution in [0.25, 0.3) is 11.1 Å². The van der Waals surface area contributed by atoms with Crippen LogP contribution in [0.3, 0.4) is 0 Å². The number of aldehydes is 1. The van der Waals surface area contributed by atoms with Crippen LogP contribution in [0.1, 0.15) is 23.4 Å². The van der Waals surface area contributed by atoms with Crippen LogP contribution in [0, 0.1) is 0 Å². The largest absolute Gasteiger partial charge is 0.490 e. The lowest BCUT2D eigenvalue weighted by Crippen LogP contribution is -1.95. The second kappa shape index (κ2) is 4.09. The molecule has 0 N–H and O–H groups in total. The van der Waals surface area contributed by atoms with E-state index in [2.05, 4.69) is 0 Å². The summed E-state index contributed by atoms with van der Waals surface area (Å²) in [6.07, 6.45) is 4.95. The Bertz CT molecular complexity index is 521. The van der Waals surface area contributed by atoms with E-state index in [4.69, 9.17) is 9.15 Å². The van der Waals surface area contributed by atoms with Crippen LogP contribution in [-0.2, 0) is 0 Å². The molecule has 0 unspecified atom stereocenters. The average Bonchev–Trinajstić information content (AvgIpc) is 3.05. The molecular formula is C14H12O3. The third-order valence-corrected chi connectivity index (χ3v) is 2.79. The van der Waals surface area contributed by atoms with Crippen LogP contribution in [0.15, 0.2) is 41.0 Å². The van der Waals surface area contributed by atoms with E-state index in [1.807, 2.05) is 24.3 Å². The van der Waals surface area contributed by atoms with Crippen molar-refractivity contribution in [2.24, 2.45) is 0 Å². The second-order valence-corrected chi connectivity index (χ2v) is 4.16. The predicted octanol–water partition coefficient (Wildman–Crippen LogP) is 3.30. The summed E-state index contributed by atoms with van der Waals surface area (Å²) in [5, 5.41) is 0. The summed E-state index contributed by atoms with van der Waals surface area (Å²) in [7, 11) is 0. The Labute approximate surface area is 99.0 Å². The maximum Gasteiger partial charge on any atom is 0.185 e. The fourth-order valence-electron chi connectivity index (χ4n) is 1.74. The van der Waals surface area contributed by atoms with Gasteiger partial charge in [0.2, 0.25) is 0 Å². The highest BCUT2D eigenvalue weighted by Gasteiger charge is 2.23. The van der Waals surface area contributed by atoms with Gasteiger partial charge < -0.3 is 9.15 Å². The quantitative estimate of drug-likeness (QED) is 0.754. The summed E-state index contributed by atoms with van der Waals surface area (Å²) < 4.78 is 10.7. The third kappa shape index (κ3) is 2.09. The minimum atomic E-state index is 0.362. The Morgan fingerprint density at radius 1 is 1.18 bits per heavy atom. The lowest BCUT2D eigenvalue weighted by atomic mass is 10.1. The third-order valence-electron chi connectivity index (χ3n) is 2.79. The highest BCUT2D eigenvalue weighted by atomic mass is 16.5. The number of hydrogen-bond acceptors (Lipinski definition) is 3. The van der Waals surface area contributed by atoms with Crippen LogP contribution < -0.4 is 4.74 Å². The topological polar surface area (TPSA) is 39.4 Å². The Hall–Kier alpha value is -2.03. The van der Waals surface area contributed by atoms with Crippen molar-refractivity contribution >= 4 is 6.29 Å². The normalized spacial score (nSPS) is 14.6. The van der Waals surface area contributed by atoms with E-state index < -0.39 is 0 Å². The van der Waals surface area contributed by atoms with Crippen molar-refractivity contribution in [2.75, 3.05) is 0 Å². The maximum absolute atomic E-state index is 10.8. The van der Waals surface area contributed by atoms with Crippen LogP contribution >= 0.6 is 0 Å². The average molecular weight is 228 g/mol. The molecule has 0 bridgehead atoms. The summed E-state index contributed by atoms with van der Waals surface area (Å²) >= 11 is 0. The monoisotopic (exact) mass is 228 g/mol. The van der Waals surface area contributed by atoms with E-state index in [-0.39, 0.29) is 0 Å². The molecule has 1 heterocycles. The van der Waals surface area contributed by atoms with Gasteiger partial charge in [-0.1, -0.05) is 12.1 Å². The molecular weight excluding hydrogens is 216 g/mol. The van der Waals surface area contributed by atoms with Gasteiger partial charge in [-0.3, -0.25) is 4.79 Å². The molecule has 1 fully saturated rings. The van der Waals surface area contributed by atoms with Gasteiger partial charge >= 0.3 is 0 Å². The Morgan fingerprint density at radius 2 is 1.94 bits per heavy atom. The lowest BCUT2D eigenvalue weighted by molar-refractivity contribution is 0.110. The van der Waals surface area contributed by atoms with E-state index in [1.165, 1.54) is 6.26 Å². The highest BCUT2D eigenvalue weighted by molar-refractivity contribution is 5.84. The summed E-state index contributed by atoms with van der Waals surface area (Å²) in [4.78, 5) is 10.8. The number of carbonyl (C=O) groups is 1. The first-order valence-electron chi connectivity index (χ1n) is 5.66. The van der Waals surface area contributed by atoms with Crippen molar-refractivity contribution in [2.45, 2.75) is 18.9 Å². The maximum atomic E-state index is 10.8. The molecule has 3 rings (SSSR count). The SMILES string of the molecule is O=Cc1occc1-c1ccc(OC2CC2)cc1. The van der Waals surface area contributed by atoms with Gasteiger partial charge in [0, 0.05) is 5.56 Å². The molecule has 17 heavy (non-hydrogen) atoms. The smallest absolute Gasteiger partial charge is 0.185 e. The van der Waals surface area contributed by atoms with Crippen molar-refractivity contribution in [1.29, 1.82) is 0 Å². The minimum absolute atomic E-state index is 0.362. The van der Waals surface area contributed by atoms with Gasteiger partial charge in [0.05, 0.1) is 12.4 Å². The molecule has 1 saturated carbocycles. The Kier molecular flexibility index (Phi) is 2.44. The van der Waals surface area contributed by atoms with Gasteiger partial charge in [-0.05, 0) is 36.6 Å². The molecule has 0 amide bonds. The van der Waals surface area contributed by atoms with Gasteiger partial charge in [0.1, 0.15) is 5.75 Å². The van der Waals surface area contributed by atoms with E-state index in [9.17, 15) is 4.79 Å². The zero-order valence-electron chi connectivity index (χ0n) is 9.26. The van der Waals surface area contributed by atoms with Crippen LogP contribution in [-0.4, -0.2) is 12.4 Å². The fourth-order valence-corrected chi connectivity index (χ4v) is 1.74. The number of benzene rings is 1. The first kappa shape index (κ1) is 10.1.